The standard InChI is InChI=1S/C15H23N3O.2ClH/c1-18-10-7-12(8-11-18)6-9-17-15(19)13-2-4-14(16)5-3-13;;/h2-5,12H,6-11,16H2,1H3,(H,17,19);2*1H. The van der Waals surface area contributed by atoms with Gasteiger partial charge in [0.25, 0.3) is 5.91 Å². The molecule has 0 saturated carbocycles. The minimum Gasteiger partial charge on any atom is -0.399 e. The van der Waals surface area contributed by atoms with E-state index in [0.717, 1.165) is 18.9 Å². The van der Waals surface area contributed by atoms with Crippen LogP contribution in [0.15, 0.2) is 24.3 Å². The topological polar surface area (TPSA) is 58.4 Å². The Balaban J connectivity index is 0.00000200. The highest BCUT2D eigenvalue weighted by molar-refractivity contribution is 5.94. The van der Waals surface area contributed by atoms with Crippen molar-refractivity contribution in [3.63, 3.8) is 0 Å². The van der Waals surface area contributed by atoms with E-state index < -0.39 is 0 Å². The molecule has 1 heterocycles. The van der Waals surface area contributed by atoms with E-state index >= 15 is 0 Å². The maximum Gasteiger partial charge on any atom is 0.251 e. The van der Waals surface area contributed by atoms with Crippen LogP contribution in [-0.2, 0) is 0 Å². The molecule has 1 aliphatic heterocycles. The monoisotopic (exact) mass is 333 g/mol. The van der Waals surface area contributed by atoms with E-state index in [-0.39, 0.29) is 30.7 Å². The van der Waals surface area contributed by atoms with E-state index in [4.69, 9.17) is 5.73 Å². The number of carbonyl (C=O) groups is 1. The third kappa shape index (κ3) is 6.55. The third-order valence-corrected chi connectivity index (χ3v) is 3.85. The lowest BCUT2D eigenvalue weighted by Gasteiger charge is -2.28. The summed E-state index contributed by atoms with van der Waals surface area (Å²) in [4.78, 5) is 14.3. The van der Waals surface area contributed by atoms with Gasteiger partial charge >= 0.3 is 0 Å². The SMILES string of the molecule is CN1CCC(CCNC(=O)c2ccc(N)cc2)CC1.Cl.Cl. The summed E-state index contributed by atoms with van der Waals surface area (Å²) in [6.45, 7) is 3.12. The zero-order valence-corrected chi connectivity index (χ0v) is 14.0. The molecule has 0 aromatic heterocycles. The van der Waals surface area contributed by atoms with Crippen LogP contribution in [-0.4, -0.2) is 37.5 Å². The molecule has 0 spiro atoms. The molecular weight excluding hydrogens is 309 g/mol. The molecule has 1 fully saturated rings. The number of rotatable bonds is 4. The van der Waals surface area contributed by atoms with Crippen molar-refractivity contribution in [1.82, 2.24) is 10.2 Å². The number of halogens is 2. The zero-order valence-electron chi connectivity index (χ0n) is 12.4. The fourth-order valence-corrected chi connectivity index (χ4v) is 2.48. The molecule has 0 atom stereocenters. The first-order chi connectivity index (χ1) is 9.15. The molecule has 1 aliphatic rings. The van der Waals surface area contributed by atoms with Gasteiger partial charge in [0.05, 0.1) is 0 Å². The van der Waals surface area contributed by atoms with Crippen LogP contribution in [0.1, 0.15) is 29.6 Å². The predicted octanol–water partition coefficient (Wildman–Crippen LogP) is 2.57. The van der Waals surface area contributed by atoms with E-state index in [0.29, 0.717) is 11.3 Å². The average Bonchev–Trinajstić information content (AvgIpc) is 2.41. The van der Waals surface area contributed by atoms with Crippen LogP contribution < -0.4 is 11.1 Å². The van der Waals surface area contributed by atoms with Gasteiger partial charge < -0.3 is 16.0 Å². The van der Waals surface area contributed by atoms with Crippen molar-refractivity contribution in [2.24, 2.45) is 5.92 Å². The van der Waals surface area contributed by atoms with E-state index in [9.17, 15) is 4.79 Å². The minimum atomic E-state index is -0.00655. The molecular formula is C15H25Cl2N3O. The molecule has 1 saturated heterocycles. The number of benzene rings is 1. The van der Waals surface area contributed by atoms with Crippen molar-refractivity contribution in [2.75, 3.05) is 32.4 Å². The summed E-state index contributed by atoms with van der Waals surface area (Å²) in [5, 5.41) is 2.98. The quantitative estimate of drug-likeness (QED) is 0.832. The Morgan fingerprint density at radius 2 is 1.81 bits per heavy atom. The number of nitrogens with zero attached hydrogens (tertiary/aromatic N) is 1. The van der Waals surface area contributed by atoms with Gasteiger partial charge in [0, 0.05) is 17.8 Å². The van der Waals surface area contributed by atoms with Crippen molar-refractivity contribution >= 4 is 36.4 Å². The molecule has 1 aromatic carbocycles. The summed E-state index contributed by atoms with van der Waals surface area (Å²) in [6.07, 6.45) is 3.57. The van der Waals surface area contributed by atoms with Gasteiger partial charge in [-0.25, -0.2) is 0 Å². The second-order valence-electron chi connectivity index (χ2n) is 5.41. The number of nitrogen functional groups attached to an aromatic ring is 1. The molecule has 6 heteroatoms. The highest BCUT2D eigenvalue weighted by Crippen LogP contribution is 2.18. The predicted molar refractivity (Wildman–Crippen MR) is 92.5 cm³/mol. The number of hydrogen-bond donors (Lipinski definition) is 2. The van der Waals surface area contributed by atoms with Crippen molar-refractivity contribution in [3.05, 3.63) is 29.8 Å². The molecule has 0 aliphatic carbocycles. The molecule has 21 heavy (non-hydrogen) atoms. The highest BCUT2D eigenvalue weighted by atomic mass is 35.5. The van der Waals surface area contributed by atoms with Crippen LogP contribution in [0, 0.1) is 5.92 Å². The van der Waals surface area contributed by atoms with Crippen LogP contribution in [0.3, 0.4) is 0 Å². The summed E-state index contributed by atoms with van der Waals surface area (Å²) < 4.78 is 0. The zero-order chi connectivity index (χ0) is 13.7. The van der Waals surface area contributed by atoms with Gasteiger partial charge in [0.15, 0.2) is 0 Å². The molecule has 0 unspecified atom stereocenters. The summed E-state index contributed by atoms with van der Waals surface area (Å²) >= 11 is 0. The first-order valence-electron chi connectivity index (χ1n) is 6.97. The second-order valence-corrected chi connectivity index (χ2v) is 5.41. The Bertz CT molecular complexity index is 417. The van der Waals surface area contributed by atoms with Gasteiger partial charge in [0.1, 0.15) is 0 Å². The second kappa shape index (κ2) is 9.87. The Morgan fingerprint density at radius 3 is 2.38 bits per heavy atom. The number of piperidine rings is 1. The molecule has 2 rings (SSSR count). The molecule has 0 bridgehead atoms. The summed E-state index contributed by atoms with van der Waals surface area (Å²) in [5.74, 6) is 0.746. The van der Waals surface area contributed by atoms with Crippen LogP contribution in [0.5, 0.6) is 0 Å². The summed E-state index contributed by atoms with van der Waals surface area (Å²) in [7, 11) is 2.17. The number of nitrogens with one attached hydrogen (secondary N) is 1. The fourth-order valence-electron chi connectivity index (χ4n) is 2.48. The van der Waals surface area contributed by atoms with Gasteiger partial charge in [-0.3, -0.25) is 4.79 Å². The van der Waals surface area contributed by atoms with Gasteiger partial charge in [-0.1, -0.05) is 0 Å². The lowest BCUT2D eigenvalue weighted by molar-refractivity contribution is 0.0949. The smallest absolute Gasteiger partial charge is 0.251 e. The normalized spacial score (nSPS) is 15.7. The van der Waals surface area contributed by atoms with Crippen molar-refractivity contribution in [3.8, 4) is 0 Å². The number of likely N-dealkylation sites (tertiary alicyclic amines) is 1. The first kappa shape index (κ1) is 20.0. The lowest BCUT2D eigenvalue weighted by Crippen LogP contribution is -2.32. The number of nitrogens with two attached hydrogens (primary N) is 1. The lowest BCUT2D eigenvalue weighted by atomic mass is 9.94. The summed E-state index contributed by atoms with van der Waals surface area (Å²) in [5.41, 5.74) is 6.96. The van der Waals surface area contributed by atoms with Crippen LogP contribution in [0.25, 0.3) is 0 Å². The molecule has 1 amide bonds. The number of hydrogen-bond acceptors (Lipinski definition) is 3. The Morgan fingerprint density at radius 1 is 1.24 bits per heavy atom. The Labute approximate surface area is 139 Å². The average molecular weight is 334 g/mol. The molecule has 1 aromatic rings. The van der Waals surface area contributed by atoms with E-state index in [1.807, 2.05) is 0 Å². The van der Waals surface area contributed by atoms with Crippen molar-refractivity contribution in [1.29, 1.82) is 0 Å². The van der Waals surface area contributed by atoms with Gasteiger partial charge in [-0.2, -0.15) is 0 Å². The van der Waals surface area contributed by atoms with Crippen LogP contribution >= 0.6 is 24.8 Å². The highest BCUT2D eigenvalue weighted by Gasteiger charge is 2.16. The number of anilines is 1. The van der Waals surface area contributed by atoms with E-state index in [1.165, 1.54) is 25.9 Å². The maximum absolute atomic E-state index is 11.9. The van der Waals surface area contributed by atoms with E-state index in [1.54, 1.807) is 24.3 Å². The Hall–Kier alpha value is -0.970. The third-order valence-electron chi connectivity index (χ3n) is 3.85. The maximum atomic E-state index is 11.9. The first-order valence-corrected chi connectivity index (χ1v) is 6.97. The van der Waals surface area contributed by atoms with E-state index in [2.05, 4.69) is 17.3 Å². The number of amides is 1. The van der Waals surface area contributed by atoms with Gasteiger partial charge in [0.2, 0.25) is 0 Å². The van der Waals surface area contributed by atoms with Crippen molar-refractivity contribution < 1.29 is 4.79 Å². The van der Waals surface area contributed by atoms with Crippen LogP contribution in [0.4, 0.5) is 5.69 Å². The molecule has 0 radical (unpaired) electrons. The van der Waals surface area contributed by atoms with Crippen molar-refractivity contribution in [2.45, 2.75) is 19.3 Å². The fraction of sp³-hybridized carbons (Fsp3) is 0.533. The summed E-state index contributed by atoms with van der Waals surface area (Å²) in [6, 6.07) is 7.04. The van der Waals surface area contributed by atoms with Gasteiger partial charge in [-0.15, -0.1) is 24.8 Å². The minimum absolute atomic E-state index is 0. The van der Waals surface area contributed by atoms with Gasteiger partial charge in [-0.05, 0) is 69.6 Å². The molecule has 120 valence electrons. The van der Waals surface area contributed by atoms with Crippen LogP contribution in [0.2, 0.25) is 0 Å². The molecule has 3 N–H and O–H groups in total. The largest absolute Gasteiger partial charge is 0.399 e. The Kier molecular flexibility index (Phi) is 9.42. The number of carbonyl (C=O) groups excluding carboxylic acids is 1. The molecule has 4 nitrogen and oxygen atoms in total.